The van der Waals surface area contributed by atoms with Crippen molar-refractivity contribution >= 4 is 39.1 Å². The molecule has 1 atom stereocenters. The summed E-state index contributed by atoms with van der Waals surface area (Å²) in [6.07, 6.45) is -3.84. The van der Waals surface area contributed by atoms with Gasteiger partial charge in [0.15, 0.2) is 0 Å². The molecule has 226 valence electrons. The van der Waals surface area contributed by atoms with Crippen LogP contribution in [0.25, 0.3) is 0 Å². The van der Waals surface area contributed by atoms with Crippen LogP contribution in [-0.4, -0.2) is 50.8 Å². The van der Waals surface area contributed by atoms with Crippen molar-refractivity contribution in [2.45, 2.75) is 50.7 Å². The second kappa shape index (κ2) is 14.1. The summed E-state index contributed by atoms with van der Waals surface area (Å²) in [4.78, 5) is 27.8. The summed E-state index contributed by atoms with van der Waals surface area (Å²) in [7, 11) is -4.53. The largest absolute Gasteiger partial charge is 0.417 e. The molecule has 3 aromatic carbocycles. The molecule has 7 nitrogen and oxygen atoms in total. The summed E-state index contributed by atoms with van der Waals surface area (Å²) in [5, 5.41) is 2.12. The van der Waals surface area contributed by atoms with Crippen molar-refractivity contribution in [2.75, 3.05) is 23.9 Å². The number of aryl methyl sites for hydroxylation is 1. The fourth-order valence-corrected chi connectivity index (χ4v) is 5.85. The van der Waals surface area contributed by atoms with E-state index < -0.39 is 56.9 Å². The van der Waals surface area contributed by atoms with Crippen LogP contribution in [0.3, 0.4) is 0 Å². The van der Waals surface area contributed by atoms with E-state index in [2.05, 4.69) is 5.32 Å². The van der Waals surface area contributed by atoms with Gasteiger partial charge < -0.3 is 10.2 Å². The van der Waals surface area contributed by atoms with Gasteiger partial charge in [-0.1, -0.05) is 66.6 Å². The summed E-state index contributed by atoms with van der Waals surface area (Å²) in [5.41, 5.74) is 0.00719. The number of sulfonamides is 1. The molecule has 0 aromatic heterocycles. The third-order valence-electron chi connectivity index (χ3n) is 6.63. The average Bonchev–Trinajstić information content (AvgIpc) is 2.95. The van der Waals surface area contributed by atoms with Crippen LogP contribution >= 0.6 is 11.6 Å². The number of hydrogen-bond acceptors (Lipinski definition) is 4. The number of carbonyl (C=O) groups is 2. The zero-order valence-corrected chi connectivity index (χ0v) is 25.1. The normalized spacial score (nSPS) is 12.5. The lowest BCUT2D eigenvalue weighted by atomic mass is 10.1. The first-order valence-electron chi connectivity index (χ1n) is 13.3. The Morgan fingerprint density at radius 1 is 1.00 bits per heavy atom. The fourth-order valence-electron chi connectivity index (χ4n) is 4.22. The number of alkyl halides is 3. The van der Waals surface area contributed by atoms with Gasteiger partial charge in [-0.2, -0.15) is 13.2 Å². The molecule has 3 rings (SSSR count). The molecule has 0 aliphatic rings. The highest BCUT2D eigenvalue weighted by molar-refractivity contribution is 7.92. The smallest absolute Gasteiger partial charge is 0.354 e. The average molecular weight is 624 g/mol. The maximum atomic E-state index is 13.8. The van der Waals surface area contributed by atoms with E-state index in [4.69, 9.17) is 11.6 Å². The van der Waals surface area contributed by atoms with E-state index in [0.717, 1.165) is 23.3 Å². The van der Waals surface area contributed by atoms with Gasteiger partial charge in [-0.15, -0.1) is 0 Å². The molecule has 1 N–H and O–H groups in total. The summed E-state index contributed by atoms with van der Waals surface area (Å²) < 4.78 is 69.5. The van der Waals surface area contributed by atoms with Crippen LogP contribution in [0.2, 0.25) is 5.02 Å². The molecule has 0 bridgehead atoms. The summed E-state index contributed by atoms with van der Waals surface area (Å²) in [6.45, 7) is 4.74. The zero-order chi connectivity index (χ0) is 31.1. The van der Waals surface area contributed by atoms with Gasteiger partial charge in [0.05, 0.1) is 21.2 Å². The number of hydrogen-bond donors (Lipinski definition) is 1. The standard InChI is InChI=1S/C30H33ClF3N3O4S/c1-4-17-35-29(39)22(3)36(18-16-23-8-6-5-7-9-23)28(38)20-37(42(40,41)25-13-10-21(2)11-14-25)24-12-15-27(31)26(19-24)30(32,33)34/h5-15,19,22H,4,16-18,20H2,1-3H3,(H,35,39)/t22-/m0/s1. The number of nitrogens with zero attached hydrogens (tertiary/aromatic N) is 2. The Bertz CT molecular complexity index is 1480. The lowest BCUT2D eigenvalue weighted by Crippen LogP contribution is -2.52. The summed E-state index contributed by atoms with van der Waals surface area (Å²) in [6, 6.07) is 16.6. The van der Waals surface area contributed by atoms with E-state index in [1.165, 1.54) is 24.0 Å². The Morgan fingerprint density at radius 3 is 2.24 bits per heavy atom. The van der Waals surface area contributed by atoms with Crippen molar-refractivity contribution in [3.05, 3.63) is 94.5 Å². The van der Waals surface area contributed by atoms with Crippen molar-refractivity contribution in [2.24, 2.45) is 0 Å². The molecule has 12 heteroatoms. The van der Waals surface area contributed by atoms with Gasteiger partial charge in [0, 0.05) is 13.1 Å². The second-order valence-electron chi connectivity index (χ2n) is 9.78. The van der Waals surface area contributed by atoms with E-state index in [1.807, 2.05) is 37.3 Å². The van der Waals surface area contributed by atoms with Gasteiger partial charge >= 0.3 is 6.18 Å². The predicted molar refractivity (Wildman–Crippen MR) is 157 cm³/mol. The molecule has 0 fully saturated rings. The van der Waals surface area contributed by atoms with Crippen LogP contribution in [0, 0.1) is 6.92 Å². The quantitative estimate of drug-likeness (QED) is 0.274. The van der Waals surface area contributed by atoms with E-state index in [1.54, 1.807) is 19.1 Å². The van der Waals surface area contributed by atoms with E-state index in [0.29, 0.717) is 29.8 Å². The van der Waals surface area contributed by atoms with Crippen LogP contribution in [-0.2, 0) is 32.2 Å². The first-order chi connectivity index (χ1) is 19.8. The third kappa shape index (κ3) is 8.25. The molecule has 0 spiro atoms. The highest BCUT2D eigenvalue weighted by atomic mass is 35.5. The monoisotopic (exact) mass is 623 g/mol. The van der Waals surface area contributed by atoms with Gasteiger partial charge in [-0.25, -0.2) is 8.42 Å². The van der Waals surface area contributed by atoms with Crippen LogP contribution in [0.5, 0.6) is 0 Å². The van der Waals surface area contributed by atoms with Crippen LogP contribution < -0.4 is 9.62 Å². The number of amides is 2. The minimum absolute atomic E-state index is 0.0659. The highest BCUT2D eigenvalue weighted by Gasteiger charge is 2.36. The Labute approximate surface area is 249 Å². The van der Waals surface area contributed by atoms with Crippen molar-refractivity contribution in [3.63, 3.8) is 0 Å². The van der Waals surface area contributed by atoms with Crippen molar-refractivity contribution in [3.8, 4) is 0 Å². The molecule has 3 aromatic rings. The number of anilines is 1. The Balaban J connectivity index is 2.06. The first kappa shape index (κ1) is 32.9. The minimum atomic E-state index is -4.87. The van der Waals surface area contributed by atoms with E-state index >= 15 is 0 Å². The van der Waals surface area contributed by atoms with Gasteiger partial charge in [0.25, 0.3) is 10.0 Å². The molecular weight excluding hydrogens is 591 g/mol. The lowest BCUT2D eigenvalue weighted by molar-refractivity contribution is -0.138. The molecule has 0 saturated carbocycles. The van der Waals surface area contributed by atoms with Gasteiger partial charge in [0.1, 0.15) is 12.6 Å². The van der Waals surface area contributed by atoms with E-state index in [9.17, 15) is 31.2 Å². The maximum absolute atomic E-state index is 13.8. The topological polar surface area (TPSA) is 86.8 Å². The van der Waals surface area contributed by atoms with Crippen LogP contribution in [0.15, 0.2) is 77.7 Å². The number of halogens is 4. The predicted octanol–water partition coefficient (Wildman–Crippen LogP) is 5.85. The summed E-state index contributed by atoms with van der Waals surface area (Å²) in [5.74, 6) is -1.19. The summed E-state index contributed by atoms with van der Waals surface area (Å²) >= 11 is 5.80. The number of benzene rings is 3. The van der Waals surface area contributed by atoms with Crippen molar-refractivity contribution in [1.29, 1.82) is 0 Å². The van der Waals surface area contributed by atoms with Crippen molar-refractivity contribution in [1.82, 2.24) is 10.2 Å². The molecule has 0 aliphatic heterocycles. The molecular formula is C30H33ClF3N3O4S. The van der Waals surface area contributed by atoms with Gasteiger partial charge in [0.2, 0.25) is 11.8 Å². The van der Waals surface area contributed by atoms with E-state index in [-0.39, 0.29) is 11.4 Å². The van der Waals surface area contributed by atoms with Crippen LogP contribution in [0.4, 0.5) is 18.9 Å². The Morgan fingerprint density at radius 2 is 1.64 bits per heavy atom. The molecule has 2 amide bonds. The third-order valence-corrected chi connectivity index (χ3v) is 8.75. The Kier molecular flexibility index (Phi) is 11.0. The van der Waals surface area contributed by atoms with Gasteiger partial charge in [-0.05, 0) is 62.6 Å². The SMILES string of the molecule is CCCNC(=O)[C@H](C)N(CCc1ccccc1)C(=O)CN(c1ccc(Cl)c(C(F)(F)F)c1)S(=O)(=O)c1ccc(C)cc1. The first-order valence-corrected chi connectivity index (χ1v) is 15.1. The molecule has 0 radical (unpaired) electrons. The molecule has 42 heavy (non-hydrogen) atoms. The highest BCUT2D eigenvalue weighted by Crippen LogP contribution is 2.38. The zero-order valence-electron chi connectivity index (χ0n) is 23.5. The van der Waals surface area contributed by atoms with Crippen molar-refractivity contribution < 1.29 is 31.2 Å². The lowest BCUT2D eigenvalue weighted by Gasteiger charge is -2.32. The maximum Gasteiger partial charge on any atom is 0.417 e. The number of carbonyl (C=O) groups excluding carboxylic acids is 2. The molecule has 0 saturated heterocycles. The minimum Gasteiger partial charge on any atom is -0.354 e. The Hall–Kier alpha value is -3.57. The molecule has 0 heterocycles. The molecule has 0 aliphatic carbocycles. The molecule has 0 unspecified atom stereocenters. The fraction of sp³-hybridized carbons (Fsp3) is 0.333. The van der Waals surface area contributed by atoms with Crippen LogP contribution in [0.1, 0.15) is 37.0 Å². The number of nitrogens with one attached hydrogen (secondary N) is 1. The number of rotatable bonds is 12. The second-order valence-corrected chi connectivity index (χ2v) is 12.0. The van der Waals surface area contributed by atoms with Gasteiger partial charge in [-0.3, -0.25) is 13.9 Å².